The van der Waals surface area contributed by atoms with Crippen molar-refractivity contribution in [1.29, 1.82) is 0 Å². The van der Waals surface area contributed by atoms with E-state index in [9.17, 15) is 34.4 Å². The third kappa shape index (κ3) is 7.52. The van der Waals surface area contributed by atoms with Gasteiger partial charge in [-0.2, -0.15) is 0 Å². The molecule has 2 saturated heterocycles. The fourth-order valence-corrected chi connectivity index (χ4v) is 5.54. The first-order valence-corrected chi connectivity index (χ1v) is 14.6. The maximum absolute atomic E-state index is 12.5. The van der Waals surface area contributed by atoms with Gasteiger partial charge in [-0.3, -0.25) is 23.4 Å². The summed E-state index contributed by atoms with van der Waals surface area (Å²) >= 11 is 12.4. The highest BCUT2D eigenvalue weighted by molar-refractivity contribution is 7.47. The van der Waals surface area contributed by atoms with Crippen LogP contribution >= 0.6 is 31.0 Å². The molecule has 5 N–H and O–H groups in total. The van der Waals surface area contributed by atoms with E-state index in [0.29, 0.717) is 0 Å². The molecule has 0 spiro atoms. The monoisotopic (exact) mass is 655 g/mol. The number of phenolic OH excluding ortho intramolecular Hbond substituents is 1. The average molecular weight is 656 g/mol. The van der Waals surface area contributed by atoms with Crippen molar-refractivity contribution in [2.75, 3.05) is 20.3 Å². The number of hydrogen-bond donors (Lipinski definition) is 5. The summed E-state index contributed by atoms with van der Waals surface area (Å²) in [6, 6.07) is 1.32. The number of rotatable bonds is 11. The molecule has 232 valence electrons. The number of aromatic nitrogens is 2. The van der Waals surface area contributed by atoms with Crippen LogP contribution in [-0.2, 0) is 27.9 Å². The molecule has 3 heterocycles. The average Bonchev–Trinajstić information content (AvgIpc) is 3.49. The second-order valence-electron chi connectivity index (χ2n) is 9.40. The molecule has 0 aliphatic carbocycles. The predicted octanol–water partition coefficient (Wildman–Crippen LogP) is 1.38. The van der Waals surface area contributed by atoms with E-state index in [4.69, 9.17) is 51.3 Å². The summed E-state index contributed by atoms with van der Waals surface area (Å²) in [6.45, 7) is 0.469. The van der Waals surface area contributed by atoms with Crippen molar-refractivity contribution in [3.8, 4) is 11.5 Å². The molecule has 16 nitrogen and oxygen atoms in total. The highest BCUT2D eigenvalue weighted by Gasteiger charge is 2.41. The number of aromatic amines is 1. The quantitative estimate of drug-likeness (QED) is 0.131. The fraction of sp³-hybridized carbons (Fsp3) is 0.522. The summed E-state index contributed by atoms with van der Waals surface area (Å²) < 4.78 is 39.3. The molecule has 2 aliphatic heterocycles. The number of H-pyrrole nitrogens is 1. The topological polar surface area (TPSA) is 221 Å². The Morgan fingerprint density at radius 2 is 1.93 bits per heavy atom. The number of nitrogens with zero attached hydrogens (tertiary/aromatic N) is 2. The number of phosphoric acid groups is 1. The number of oxime groups is 1. The lowest BCUT2D eigenvalue weighted by atomic mass is 10.1. The summed E-state index contributed by atoms with van der Waals surface area (Å²) in [4.78, 5) is 42.1. The standard InChI is InChI=1S/C23H28Cl2N3O13P/c1-10-7-28(23(33)27-21(10)31)17-5-14(41-26-6-12-13(24)4-15(36-2)20(30)19(12)25)16(39-17)9-38-42(34,35)37-8-11-3-18(29)40-22(11)32/h4,6-7,11,14,16-18,22,29-30,32H,3,5,8-9H2,1-2H3,(H,34,35)(H,27,31,33)/b26-6+/t11-,14-,16+,17+,18?,22?/m0/s1. The molecule has 2 aromatic rings. The van der Waals surface area contributed by atoms with Crippen LogP contribution in [0.5, 0.6) is 11.5 Å². The van der Waals surface area contributed by atoms with Crippen molar-refractivity contribution >= 4 is 37.2 Å². The van der Waals surface area contributed by atoms with E-state index in [1.54, 1.807) is 0 Å². The molecule has 0 radical (unpaired) electrons. The minimum Gasteiger partial charge on any atom is -0.503 e. The van der Waals surface area contributed by atoms with Crippen LogP contribution in [0.15, 0.2) is 27.0 Å². The number of phosphoric ester groups is 1. The van der Waals surface area contributed by atoms with Crippen LogP contribution in [-0.4, -0.2) is 81.1 Å². The van der Waals surface area contributed by atoms with Gasteiger partial charge in [-0.15, -0.1) is 0 Å². The zero-order chi connectivity index (χ0) is 30.8. The van der Waals surface area contributed by atoms with Crippen LogP contribution in [0.25, 0.3) is 0 Å². The van der Waals surface area contributed by atoms with Crippen LogP contribution in [0.4, 0.5) is 0 Å². The van der Waals surface area contributed by atoms with Gasteiger partial charge in [-0.05, 0) is 6.92 Å². The first-order chi connectivity index (χ1) is 19.8. The Morgan fingerprint density at radius 3 is 2.60 bits per heavy atom. The molecular weight excluding hydrogens is 628 g/mol. The van der Waals surface area contributed by atoms with Gasteiger partial charge in [0.25, 0.3) is 5.56 Å². The Bertz CT molecular complexity index is 1480. The number of halogens is 2. The van der Waals surface area contributed by atoms with Gasteiger partial charge in [0.2, 0.25) is 0 Å². The van der Waals surface area contributed by atoms with Crippen molar-refractivity contribution in [2.45, 2.75) is 50.8 Å². The van der Waals surface area contributed by atoms with Gasteiger partial charge in [0.1, 0.15) is 12.3 Å². The van der Waals surface area contributed by atoms with Crippen LogP contribution in [0, 0.1) is 12.8 Å². The summed E-state index contributed by atoms with van der Waals surface area (Å²) in [5, 5.41) is 33.1. The number of aliphatic hydroxyl groups excluding tert-OH is 2. The molecule has 1 aromatic heterocycles. The molecule has 3 unspecified atom stereocenters. The largest absolute Gasteiger partial charge is 0.503 e. The maximum Gasteiger partial charge on any atom is 0.472 e. The zero-order valence-corrected chi connectivity index (χ0v) is 24.5. The normalized spacial score (nSPS) is 27.4. The van der Waals surface area contributed by atoms with E-state index in [2.05, 4.69) is 10.1 Å². The number of aromatic hydroxyl groups is 1. The van der Waals surface area contributed by atoms with E-state index >= 15 is 0 Å². The van der Waals surface area contributed by atoms with Gasteiger partial charge in [0.05, 0.1) is 36.6 Å². The van der Waals surface area contributed by atoms with Gasteiger partial charge in [0, 0.05) is 42.1 Å². The van der Waals surface area contributed by atoms with Crippen molar-refractivity contribution < 1.29 is 52.9 Å². The Hall–Kier alpha value is -2.50. The molecule has 7 atom stereocenters. The van der Waals surface area contributed by atoms with Crippen molar-refractivity contribution in [3.05, 3.63) is 54.3 Å². The highest BCUT2D eigenvalue weighted by Crippen LogP contribution is 2.46. The predicted molar refractivity (Wildman–Crippen MR) is 145 cm³/mol. The Balaban J connectivity index is 1.49. The van der Waals surface area contributed by atoms with E-state index in [-0.39, 0.29) is 45.5 Å². The van der Waals surface area contributed by atoms with Gasteiger partial charge in [-0.1, -0.05) is 28.4 Å². The van der Waals surface area contributed by atoms with Gasteiger partial charge >= 0.3 is 13.5 Å². The minimum absolute atomic E-state index is 0.0180. The second-order valence-corrected chi connectivity index (χ2v) is 11.6. The SMILES string of the molecule is COc1cc(Cl)c(/C=N/O[C@H]2C[C@H](n3cc(C)c(=O)[nH]c3=O)O[C@@H]2COP(=O)(O)OC[C@@H]2CC(O)OC2O)c(Cl)c1O. The summed E-state index contributed by atoms with van der Waals surface area (Å²) in [6.07, 6.45) is -3.31. The number of phenols is 1. The number of methoxy groups -OCH3 is 1. The lowest BCUT2D eigenvalue weighted by molar-refractivity contribution is -0.170. The molecule has 0 amide bonds. The lowest BCUT2D eigenvalue weighted by Gasteiger charge is -2.20. The van der Waals surface area contributed by atoms with Crippen LogP contribution < -0.4 is 16.0 Å². The summed E-state index contributed by atoms with van der Waals surface area (Å²) in [5.41, 5.74) is -1.01. The zero-order valence-electron chi connectivity index (χ0n) is 22.1. The van der Waals surface area contributed by atoms with E-state index in [0.717, 1.165) is 10.8 Å². The maximum atomic E-state index is 12.5. The third-order valence-electron chi connectivity index (χ3n) is 6.49. The molecule has 42 heavy (non-hydrogen) atoms. The smallest absolute Gasteiger partial charge is 0.472 e. The third-order valence-corrected chi connectivity index (χ3v) is 8.13. The number of ether oxygens (including phenoxy) is 3. The highest BCUT2D eigenvalue weighted by atomic mass is 35.5. The van der Waals surface area contributed by atoms with Gasteiger partial charge in [0.15, 0.2) is 30.2 Å². The molecule has 1 aromatic carbocycles. The van der Waals surface area contributed by atoms with E-state index in [1.807, 2.05) is 0 Å². The van der Waals surface area contributed by atoms with Crippen molar-refractivity contribution in [2.24, 2.45) is 11.1 Å². The fourth-order valence-electron chi connectivity index (χ4n) is 4.22. The number of benzene rings is 1. The van der Waals surface area contributed by atoms with E-state index in [1.165, 1.54) is 26.3 Å². The summed E-state index contributed by atoms with van der Waals surface area (Å²) in [5.74, 6) is -1.11. The molecule has 2 fully saturated rings. The molecule has 2 aliphatic rings. The van der Waals surface area contributed by atoms with Crippen LogP contribution in [0.2, 0.25) is 10.0 Å². The first kappa shape index (κ1) is 32.4. The number of aliphatic hydroxyl groups is 2. The lowest BCUT2D eigenvalue weighted by Crippen LogP contribution is -2.33. The molecule has 4 rings (SSSR count). The Kier molecular flexibility index (Phi) is 10.4. The van der Waals surface area contributed by atoms with Crippen molar-refractivity contribution in [3.63, 3.8) is 0 Å². The van der Waals surface area contributed by atoms with E-state index < -0.39 is 69.2 Å². The Labute approximate surface area is 247 Å². The summed E-state index contributed by atoms with van der Waals surface area (Å²) in [7, 11) is -3.38. The molecule has 0 bridgehead atoms. The molecule has 19 heteroatoms. The number of aryl methyl sites for hydroxylation is 1. The van der Waals surface area contributed by atoms with Gasteiger partial charge < -0.3 is 39.3 Å². The van der Waals surface area contributed by atoms with Gasteiger partial charge in [-0.25, -0.2) is 9.36 Å². The van der Waals surface area contributed by atoms with Crippen molar-refractivity contribution in [1.82, 2.24) is 9.55 Å². The van der Waals surface area contributed by atoms with Crippen LogP contribution in [0.3, 0.4) is 0 Å². The first-order valence-electron chi connectivity index (χ1n) is 12.3. The molecule has 0 saturated carbocycles. The Morgan fingerprint density at radius 1 is 1.21 bits per heavy atom. The number of nitrogens with one attached hydrogen (secondary N) is 1. The second kappa shape index (κ2) is 13.4. The number of hydrogen-bond acceptors (Lipinski definition) is 13. The van der Waals surface area contributed by atoms with Crippen LogP contribution in [0.1, 0.15) is 30.2 Å². The molecular formula is C23H28Cl2N3O13P. The minimum atomic E-state index is -4.70.